The maximum absolute atomic E-state index is 12.0. The zero-order chi connectivity index (χ0) is 15.5. The first-order chi connectivity index (χ1) is 10.3. The van der Waals surface area contributed by atoms with Gasteiger partial charge in [0.1, 0.15) is 0 Å². The Balaban J connectivity index is 1.56. The van der Waals surface area contributed by atoms with Crippen molar-refractivity contribution in [3.63, 3.8) is 0 Å². The van der Waals surface area contributed by atoms with Crippen LogP contribution in [0.4, 0.5) is 0 Å². The highest BCUT2D eigenvalue weighted by molar-refractivity contribution is 5.75. The minimum Gasteiger partial charge on any atom is -0.481 e. The standard InChI is InChI=1S/C20H30O2/c1-17-6-4-7-18(2,16(21)22)14(17)5-8-20-10-13-12(9-15(17)20)19(13,3)11-20/h12-15H,4-11H2,1-3H3,(H,21,22)/t12-,13?,14?,15?,17-,18-,19+,20?/m1/s1. The summed E-state index contributed by atoms with van der Waals surface area (Å²) in [6.45, 7) is 7.09. The molecule has 2 heteroatoms. The molecule has 4 unspecified atom stereocenters. The predicted octanol–water partition coefficient (Wildman–Crippen LogP) is 4.73. The van der Waals surface area contributed by atoms with E-state index in [1.54, 1.807) is 0 Å². The van der Waals surface area contributed by atoms with E-state index in [-0.39, 0.29) is 0 Å². The second-order valence-corrected chi connectivity index (χ2v) is 10.4. The van der Waals surface area contributed by atoms with Crippen LogP contribution in [0.5, 0.6) is 0 Å². The topological polar surface area (TPSA) is 37.3 Å². The SMILES string of the molecule is C[C@@]12CCC[C@@](C)(C(=O)O)C1CCC13CC4[C@@H](CC12)[C@]4(C)C3. The molecule has 6 aliphatic rings. The van der Waals surface area contributed by atoms with Crippen LogP contribution in [0.3, 0.4) is 0 Å². The molecule has 6 rings (SSSR count). The molecule has 0 aromatic heterocycles. The Hall–Kier alpha value is -0.530. The number of carboxylic acids is 1. The fraction of sp³-hybridized carbons (Fsp3) is 0.950. The number of carboxylic acid groups (broad SMARTS) is 1. The highest BCUT2D eigenvalue weighted by atomic mass is 16.4. The van der Waals surface area contributed by atoms with Crippen molar-refractivity contribution in [2.24, 2.45) is 45.3 Å². The third-order valence-electron chi connectivity index (χ3n) is 9.85. The third kappa shape index (κ3) is 1.26. The minimum absolute atomic E-state index is 0.290. The number of rotatable bonds is 1. The largest absolute Gasteiger partial charge is 0.481 e. The van der Waals surface area contributed by atoms with E-state index in [4.69, 9.17) is 0 Å². The van der Waals surface area contributed by atoms with E-state index >= 15 is 0 Å². The maximum atomic E-state index is 12.0. The fourth-order valence-electron chi connectivity index (χ4n) is 8.87. The number of aliphatic carboxylic acids is 1. The quantitative estimate of drug-likeness (QED) is 0.760. The molecule has 0 aromatic carbocycles. The van der Waals surface area contributed by atoms with Crippen molar-refractivity contribution in [1.82, 2.24) is 0 Å². The molecule has 0 heterocycles. The van der Waals surface area contributed by atoms with Gasteiger partial charge in [-0.25, -0.2) is 0 Å². The van der Waals surface area contributed by atoms with Crippen LogP contribution < -0.4 is 0 Å². The molecule has 0 aromatic rings. The van der Waals surface area contributed by atoms with Gasteiger partial charge in [0, 0.05) is 0 Å². The minimum atomic E-state index is -0.530. The van der Waals surface area contributed by atoms with Crippen LogP contribution in [-0.4, -0.2) is 11.1 Å². The van der Waals surface area contributed by atoms with Crippen LogP contribution >= 0.6 is 0 Å². The maximum Gasteiger partial charge on any atom is 0.309 e. The lowest BCUT2D eigenvalue weighted by Gasteiger charge is -2.65. The van der Waals surface area contributed by atoms with E-state index in [9.17, 15) is 9.90 Å². The Morgan fingerprint density at radius 2 is 1.77 bits per heavy atom. The Bertz CT molecular complexity index is 570. The van der Waals surface area contributed by atoms with Crippen LogP contribution in [0.15, 0.2) is 0 Å². The summed E-state index contributed by atoms with van der Waals surface area (Å²) in [6, 6.07) is 0. The monoisotopic (exact) mass is 302 g/mol. The van der Waals surface area contributed by atoms with Gasteiger partial charge in [0.05, 0.1) is 5.41 Å². The highest BCUT2D eigenvalue weighted by Crippen LogP contribution is 2.85. The molecule has 6 fully saturated rings. The summed E-state index contributed by atoms with van der Waals surface area (Å²) in [5.74, 6) is 2.70. The molecular formula is C20H30O2. The summed E-state index contributed by atoms with van der Waals surface area (Å²) < 4.78 is 0. The van der Waals surface area contributed by atoms with Gasteiger partial charge in [0.25, 0.3) is 0 Å². The summed E-state index contributed by atoms with van der Waals surface area (Å²) in [5.41, 5.74) is 1.10. The lowest BCUT2D eigenvalue weighted by molar-refractivity contribution is -0.187. The molecule has 6 saturated carbocycles. The van der Waals surface area contributed by atoms with Crippen molar-refractivity contribution in [1.29, 1.82) is 0 Å². The fourth-order valence-corrected chi connectivity index (χ4v) is 8.87. The molecule has 122 valence electrons. The van der Waals surface area contributed by atoms with Gasteiger partial charge in [-0.3, -0.25) is 4.79 Å². The second-order valence-electron chi connectivity index (χ2n) is 10.4. The molecule has 2 nitrogen and oxygen atoms in total. The van der Waals surface area contributed by atoms with Crippen molar-refractivity contribution in [3.05, 3.63) is 0 Å². The van der Waals surface area contributed by atoms with E-state index < -0.39 is 11.4 Å². The molecule has 1 spiro atoms. The van der Waals surface area contributed by atoms with E-state index in [2.05, 4.69) is 20.8 Å². The van der Waals surface area contributed by atoms with Crippen LogP contribution in [-0.2, 0) is 4.79 Å². The van der Waals surface area contributed by atoms with E-state index in [0.29, 0.717) is 22.2 Å². The zero-order valence-electron chi connectivity index (χ0n) is 14.3. The van der Waals surface area contributed by atoms with Crippen LogP contribution in [0, 0.1) is 45.3 Å². The van der Waals surface area contributed by atoms with Crippen molar-refractivity contribution >= 4 is 5.97 Å². The van der Waals surface area contributed by atoms with Crippen LogP contribution in [0.1, 0.15) is 72.1 Å². The van der Waals surface area contributed by atoms with Gasteiger partial charge in [-0.15, -0.1) is 0 Å². The smallest absolute Gasteiger partial charge is 0.309 e. The van der Waals surface area contributed by atoms with Gasteiger partial charge >= 0.3 is 5.97 Å². The number of hydrogen-bond acceptors (Lipinski definition) is 1. The molecule has 22 heavy (non-hydrogen) atoms. The normalized spacial score (nSPS) is 64.7. The van der Waals surface area contributed by atoms with Gasteiger partial charge in [-0.1, -0.05) is 20.3 Å². The summed E-state index contributed by atoms with van der Waals surface area (Å²) in [7, 11) is 0. The van der Waals surface area contributed by atoms with Gasteiger partial charge in [0.2, 0.25) is 0 Å². The number of carbonyl (C=O) groups is 1. The molecule has 0 amide bonds. The first-order valence-electron chi connectivity index (χ1n) is 9.50. The summed E-state index contributed by atoms with van der Waals surface area (Å²) >= 11 is 0. The first-order valence-corrected chi connectivity index (χ1v) is 9.50. The Labute approximate surface area is 134 Å². The predicted molar refractivity (Wildman–Crippen MR) is 85.3 cm³/mol. The van der Waals surface area contributed by atoms with Gasteiger partial charge in [0.15, 0.2) is 0 Å². The molecule has 0 aliphatic heterocycles. The summed E-state index contributed by atoms with van der Waals surface area (Å²) in [6.07, 6.45) is 10.1. The molecule has 6 aliphatic carbocycles. The third-order valence-corrected chi connectivity index (χ3v) is 9.85. The second kappa shape index (κ2) is 3.59. The van der Waals surface area contributed by atoms with Gasteiger partial charge in [-0.2, -0.15) is 0 Å². The van der Waals surface area contributed by atoms with E-state index in [0.717, 1.165) is 30.6 Å². The van der Waals surface area contributed by atoms with Crippen molar-refractivity contribution in [2.75, 3.05) is 0 Å². The van der Waals surface area contributed by atoms with E-state index in [1.165, 1.54) is 38.5 Å². The highest BCUT2D eigenvalue weighted by Gasteiger charge is 2.78. The van der Waals surface area contributed by atoms with Crippen LogP contribution in [0.25, 0.3) is 0 Å². The molecule has 0 saturated heterocycles. The lowest BCUT2D eigenvalue weighted by Crippen LogP contribution is -2.59. The molecule has 1 N–H and O–H groups in total. The molecule has 4 bridgehead atoms. The van der Waals surface area contributed by atoms with Crippen molar-refractivity contribution in [3.8, 4) is 0 Å². The Morgan fingerprint density at radius 3 is 2.41 bits per heavy atom. The molecular weight excluding hydrogens is 272 g/mol. The first kappa shape index (κ1) is 13.9. The average molecular weight is 302 g/mol. The van der Waals surface area contributed by atoms with Crippen molar-refractivity contribution in [2.45, 2.75) is 72.1 Å². The molecule has 8 atom stereocenters. The molecule has 0 radical (unpaired) electrons. The van der Waals surface area contributed by atoms with E-state index in [1.807, 2.05) is 0 Å². The zero-order valence-corrected chi connectivity index (χ0v) is 14.3. The van der Waals surface area contributed by atoms with Crippen LogP contribution in [0.2, 0.25) is 0 Å². The number of fused-ring (bicyclic) bond motifs is 1. The lowest BCUT2D eigenvalue weighted by atomic mass is 9.39. The summed E-state index contributed by atoms with van der Waals surface area (Å²) in [4.78, 5) is 12.0. The van der Waals surface area contributed by atoms with Gasteiger partial charge < -0.3 is 5.11 Å². The average Bonchev–Trinajstić information content (AvgIpc) is 2.89. The Morgan fingerprint density at radius 1 is 1.00 bits per heavy atom. The van der Waals surface area contributed by atoms with Gasteiger partial charge in [-0.05, 0) is 91.8 Å². The number of hydrogen-bond donors (Lipinski definition) is 1. The Kier molecular flexibility index (Phi) is 2.27. The van der Waals surface area contributed by atoms with Crippen molar-refractivity contribution < 1.29 is 9.90 Å². The summed E-state index contributed by atoms with van der Waals surface area (Å²) in [5, 5.41) is 9.92.